The molecule has 34 heavy (non-hydrogen) atoms. The van der Waals surface area contributed by atoms with Crippen LogP contribution in [0.3, 0.4) is 0 Å². The van der Waals surface area contributed by atoms with Gasteiger partial charge in [0.2, 0.25) is 0 Å². The number of rotatable bonds is 7. The van der Waals surface area contributed by atoms with Crippen molar-refractivity contribution in [2.24, 2.45) is 0 Å². The van der Waals surface area contributed by atoms with Gasteiger partial charge in [0.05, 0.1) is 8.07 Å². The fraction of sp³-hybridized carbons (Fsp3) is 0.778. The Morgan fingerprint density at radius 1 is 0.765 bits per heavy atom. The lowest BCUT2D eigenvalue weighted by Gasteiger charge is -2.43. The fourth-order valence-electron chi connectivity index (χ4n) is 5.42. The van der Waals surface area contributed by atoms with Crippen LogP contribution in [0.2, 0.25) is 19.6 Å². The minimum Gasteiger partial charge on any atom is -0.314 e. The highest BCUT2D eigenvalue weighted by atomic mass is 31.1. The van der Waals surface area contributed by atoms with Crippen molar-refractivity contribution in [3.05, 3.63) is 29.3 Å². The van der Waals surface area contributed by atoms with Crippen LogP contribution < -0.4 is 26.5 Å². The second kappa shape index (κ2) is 11.7. The van der Waals surface area contributed by atoms with Crippen molar-refractivity contribution in [3.8, 4) is 0 Å². The Bertz CT molecular complexity index is 753. The quantitative estimate of drug-likeness (QED) is 0.306. The third-order valence-corrected chi connectivity index (χ3v) is 16.2. The molecule has 7 heteroatoms. The predicted octanol–water partition coefficient (Wildman–Crippen LogP) is 4.83. The van der Waals surface area contributed by atoms with Crippen LogP contribution in [0, 0.1) is 0 Å². The van der Waals surface area contributed by atoms with E-state index in [0.717, 1.165) is 39.3 Å². The molecular formula is C27H52N4P2Si. The molecule has 4 N–H and O–H groups in total. The molecule has 2 aliphatic heterocycles. The number of piperazine rings is 2. The van der Waals surface area contributed by atoms with Gasteiger partial charge in [-0.15, -0.1) is 0 Å². The summed E-state index contributed by atoms with van der Waals surface area (Å²) in [7, 11) is -1.78. The Morgan fingerprint density at radius 3 is 1.71 bits per heavy atom. The van der Waals surface area contributed by atoms with E-state index in [-0.39, 0.29) is 15.8 Å². The van der Waals surface area contributed by atoms with Gasteiger partial charge in [0.1, 0.15) is 0 Å². The summed E-state index contributed by atoms with van der Waals surface area (Å²) in [5, 5.41) is 17.5. The van der Waals surface area contributed by atoms with E-state index >= 15 is 0 Å². The molecule has 1 aromatic carbocycles. The molecule has 0 aliphatic carbocycles. The third kappa shape index (κ3) is 7.82. The summed E-state index contributed by atoms with van der Waals surface area (Å²) in [5.74, 6) is 1.16. The second-order valence-corrected chi connectivity index (χ2v) is 24.7. The highest BCUT2D eigenvalue weighted by Crippen LogP contribution is 2.61. The van der Waals surface area contributed by atoms with E-state index in [9.17, 15) is 0 Å². The molecule has 194 valence electrons. The van der Waals surface area contributed by atoms with Crippen molar-refractivity contribution < 1.29 is 0 Å². The molecule has 4 nitrogen and oxygen atoms in total. The van der Waals surface area contributed by atoms with Gasteiger partial charge >= 0.3 is 0 Å². The SMILES string of the molecule is CC(C)(C)P(Cc1ccc([Si](C)(C)C)cc1CP(C1CNCCN1)C1CNCCN1)C(C)(C)C. The first-order chi connectivity index (χ1) is 15.8. The normalized spacial score (nSPS) is 23.8. The molecule has 2 heterocycles. The topological polar surface area (TPSA) is 48.1 Å². The third-order valence-electron chi connectivity index (χ3n) is 7.21. The maximum Gasteiger partial charge on any atom is 0.0776 e. The minimum atomic E-state index is -1.37. The van der Waals surface area contributed by atoms with Gasteiger partial charge in [0, 0.05) is 50.8 Å². The van der Waals surface area contributed by atoms with Crippen molar-refractivity contribution >= 4 is 29.1 Å². The molecule has 0 amide bonds. The number of hydrogen-bond donors (Lipinski definition) is 4. The van der Waals surface area contributed by atoms with E-state index in [2.05, 4.69) is 101 Å². The van der Waals surface area contributed by atoms with E-state index in [1.54, 1.807) is 16.3 Å². The predicted molar refractivity (Wildman–Crippen MR) is 159 cm³/mol. The van der Waals surface area contributed by atoms with Crippen LogP contribution in [0.4, 0.5) is 0 Å². The summed E-state index contributed by atoms with van der Waals surface area (Å²) < 4.78 is 0. The van der Waals surface area contributed by atoms with Crippen LogP contribution in [0.5, 0.6) is 0 Å². The summed E-state index contributed by atoms with van der Waals surface area (Å²) in [5.41, 5.74) is 3.27. The average Bonchev–Trinajstić information content (AvgIpc) is 2.75. The van der Waals surface area contributed by atoms with Crippen LogP contribution in [0.25, 0.3) is 0 Å². The summed E-state index contributed by atoms with van der Waals surface area (Å²) in [4.78, 5) is 0. The van der Waals surface area contributed by atoms with Crippen molar-refractivity contribution in [2.45, 2.75) is 95.4 Å². The van der Waals surface area contributed by atoms with Gasteiger partial charge < -0.3 is 21.3 Å². The zero-order valence-corrected chi connectivity index (χ0v) is 26.2. The van der Waals surface area contributed by atoms with Crippen LogP contribution in [-0.4, -0.2) is 69.2 Å². The average molecular weight is 523 g/mol. The standard InChI is InChI=1S/C27H52N4P2Si/c1-26(2,3)33(27(4,5)6)20-21-10-11-23(34(7,8)9)16-22(21)19-32(24-17-28-12-14-30-24)25-18-29-13-15-31-25/h10-11,16,24-25,28-31H,12-15,17-20H2,1-9H3. The minimum absolute atomic E-state index is 0.164. The van der Waals surface area contributed by atoms with E-state index in [0.29, 0.717) is 21.9 Å². The Morgan fingerprint density at radius 2 is 1.29 bits per heavy atom. The largest absolute Gasteiger partial charge is 0.314 e. The zero-order valence-electron chi connectivity index (χ0n) is 23.4. The van der Waals surface area contributed by atoms with Crippen molar-refractivity contribution in [2.75, 3.05) is 39.3 Å². The molecule has 2 fully saturated rings. The molecule has 2 atom stereocenters. The molecule has 0 radical (unpaired) electrons. The summed E-state index contributed by atoms with van der Waals surface area (Å²) in [6.07, 6.45) is 2.46. The maximum absolute atomic E-state index is 3.90. The Kier molecular flexibility index (Phi) is 9.86. The lowest BCUT2D eigenvalue weighted by atomic mass is 10.1. The maximum atomic E-state index is 3.90. The first-order valence-corrected chi connectivity index (χ1v) is 20.0. The van der Waals surface area contributed by atoms with Gasteiger partial charge in [-0.25, -0.2) is 0 Å². The molecule has 2 aliphatic rings. The number of hydrogen-bond acceptors (Lipinski definition) is 4. The van der Waals surface area contributed by atoms with Crippen LogP contribution in [0.1, 0.15) is 52.7 Å². The summed E-state index contributed by atoms with van der Waals surface area (Å²) in [6.45, 7) is 28.8. The molecule has 0 spiro atoms. The second-order valence-electron chi connectivity index (χ2n) is 13.2. The Labute approximate surface area is 214 Å². The first-order valence-electron chi connectivity index (χ1n) is 13.3. The lowest BCUT2D eigenvalue weighted by Crippen LogP contribution is -2.53. The van der Waals surface area contributed by atoms with Crippen molar-refractivity contribution in [3.63, 3.8) is 0 Å². The van der Waals surface area contributed by atoms with E-state index in [1.807, 2.05) is 0 Å². The van der Waals surface area contributed by atoms with Gasteiger partial charge in [0.15, 0.2) is 0 Å². The zero-order chi connectivity index (χ0) is 25.1. The van der Waals surface area contributed by atoms with E-state index in [1.165, 1.54) is 12.3 Å². The first kappa shape index (κ1) is 28.7. The molecule has 2 saturated heterocycles. The molecule has 1 aromatic rings. The van der Waals surface area contributed by atoms with Crippen molar-refractivity contribution in [1.29, 1.82) is 0 Å². The van der Waals surface area contributed by atoms with Gasteiger partial charge in [-0.1, -0.05) is 100 Å². The molecule has 2 unspecified atom stereocenters. The van der Waals surface area contributed by atoms with E-state index in [4.69, 9.17) is 0 Å². The molecule has 3 rings (SSSR count). The number of benzene rings is 1. The molecular weight excluding hydrogens is 470 g/mol. The van der Waals surface area contributed by atoms with E-state index < -0.39 is 8.07 Å². The van der Waals surface area contributed by atoms with Crippen LogP contribution in [0.15, 0.2) is 18.2 Å². The van der Waals surface area contributed by atoms with Crippen molar-refractivity contribution in [1.82, 2.24) is 21.3 Å². The summed E-state index contributed by atoms with van der Waals surface area (Å²) >= 11 is 0. The molecule has 0 aromatic heterocycles. The summed E-state index contributed by atoms with van der Waals surface area (Å²) in [6, 6.07) is 7.65. The molecule has 0 bridgehead atoms. The highest BCUT2D eigenvalue weighted by Gasteiger charge is 2.36. The smallest absolute Gasteiger partial charge is 0.0776 e. The van der Waals surface area contributed by atoms with Gasteiger partial charge in [-0.3, -0.25) is 0 Å². The van der Waals surface area contributed by atoms with Gasteiger partial charge in [-0.2, -0.15) is 0 Å². The Hall–Kier alpha value is 0.137. The van der Waals surface area contributed by atoms with Crippen LogP contribution in [-0.2, 0) is 12.3 Å². The Balaban J connectivity index is 1.99. The fourth-order valence-corrected chi connectivity index (χ4v) is 13.2. The van der Waals surface area contributed by atoms with Crippen LogP contribution >= 0.6 is 15.8 Å². The monoisotopic (exact) mass is 522 g/mol. The number of nitrogens with one attached hydrogen (secondary N) is 4. The van der Waals surface area contributed by atoms with Gasteiger partial charge in [0.25, 0.3) is 0 Å². The highest BCUT2D eigenvalue weighted by molar-refractivity contribution is 7.60. The van der Waals surface area contributed by atoms with Gasteiger partial charge in [-0.05, 0) is 33.8 Å². The molecule has 0 saturated carbocycles. The lowest BCUT2D eigenvalue weighted by molar-refractivity contribution is 0.472.